The summed E-state index contributed by atoms with van der Waals surface area (Å²) >= 11 is 8.97. The molecule has 1 fully saturated rings. The molecule has 1 aliphatic heterocycles. The highest BCUT2D eigenvalue weighted by atomic mass is 79.9. The predicted octanol–water partition coefficient (Wildman–Crippen LogP) is 4.05. The van der Waals surface area contributed by atoms with Crippen LogP contribution in [0.2, 0.25) is 0 Å². The van der Waals surface area contributed by atoms with Crippen LogP contribution in [-0.2, 0) is 14.3 Å². The molecule has 1 aliphatic rings. The molecule has 6 nitrogen and oxygen atoms in total. The summed E-state index contributed by atoms with van der Waals surface area (Å²) in [4.78, 5) is 27.5. The van der Waals surface area contributed by atoms with Crippen LogP contribution >= 0.6 is 28.1 Å². The number of benzene rings is 1. The highest BCUT2D eigenvalue weighted by molar-refractivity contribution is 9.10. The Hall–Kier alpha value is -2.45. The van der Waals surface area contributed by atoms with Crippen LogP contribution < -0.4 is 0 Å². The predicted molar refractivity (Wildman–Crippen MR) is 124 cm³/mol. The fourth-order valence-electron chi connectivity index (χ4n) is 3.67. The molecule has 2 aromatic rings. The number of carbonyl (C=O) groups is 2. The average molecular weight is 490 g/mol. The van der Waals surface area contributed by atoms with Crippen molar-refractivity contribution in [1.29, 1.82) is 0 Å². The molecule has 0 aliphatic carbocycles. The van der Waals surface area contributed by atoms with Gasteiger partial charge in [0.1, 0.15) is 12.2 Å². The molecule has 0 saturated carbocycles. The van der Waals surface area contributed by atoms with Gasteiger partial charge in [-0.15, -0.1) is 0 Å². The van der Waals surface area contributed by atoms with Crippen LogP contribution in [0.3, 0.4) is 0 Å². The molecule has 0 unspecified atom stereocenters. The van der Waals surface area contributed by atoms with Gasteiger partial charge in [0.25, 0.3) is 5.91 Å². The number of halogens is 1. The zero-order valence-electron chi connectivity index (χ0n) is 17.9. The van der Waals surface area contributed by atoms with E-state index in [1.807, 2.05) is 19.9 Å². The maximum atomic E-state index is 12.8. The van der Waals surface area contributed by atoms with Gasteiger partial charge in [-0.3, -0.25) is 14.5 Å². The second kappa shape index (κ2) is 8.35. The normalized spacial score (nSPS) is 15.5. The van der Waals surface area contributed by atoms with Crippen molar-refractivity contribution in [2.24, 2.45) is 0 Å². The van der Waals surface area contributed by atoms with Crippen LogP contribution in [0.5, 0.6) is 0 Å². The summed E-state index contributed by atoms with van der Waals surface area (Å²) in [7, 11) is 2.92. The molecule has 1 aromatic heterocycles. The second-order valence-electron chi connectivity index (χ2n) is 7.39. The van der Waals surface area contributed by atoms with Crippen molar-refractivity contribution in [3.8, 4) is 5.69 Å². The highest BCUT2D eigenvalue weighted by Gasteiger charge is 2.37. The first-order valence-corrected chi connectivity index (χ1v) is 10.6. The molecule has 0 N–H and O–H groups in total. The van der Waals surface area contributed by atoms with Gasteiger partial charge in [-0.05, 0) is 80.9 Å². The van der Waals surface area contributed by atoms with Crippen molar-refractivity contribution in [3.05, 3.63) is 56.4 Å². The van der Waals surface area contributed by atoms with Gasteiger partial charge in [0.15, 0.2) is 5.11 Å². The minimum Gasteiger partial charge on any atom is -0.468 e. The molecule has 158 valence electrons. The summed E-state index contributed by atoms with van der Waals surface area (Å²) in [5.41, 5.74) is 6.65. The number of methoxy groups -OCH3 is 1. The molecule has 0 spiro atoms. The third-order valence-electron chi connectivity index (χ3n) is 5.29. The van der Waals surface area contributed by atoms with E-state index >= 15 is 0 Å². The van der Waals surface area contributed by atoms with Gasteiger partial charge in [-0.2, -0.15) is 0 Å². The maximum absolute atomic E-state index is 12.8. The Morgan fingerprint density at radius 1 is 1.17 bits per heavy atom. The van der Waals surface area contributed by atoms with Crippen LogP contribution in [0, 0.1) is 27.7 Å². The van der Waals surface area contributed by atoms with Gasteiger partial charge in [0, 0.05) is 28.6 Å². The van der Waals surface area contributed by atoms with Gasteiger partial charge < -0.3 is 14.2 Å². The van der Waals surface area contributed by atoms with E-state index in [0.717, 1.165) is 38.2 Å². The van der Waals surface area contributed by atoms with Gasteiger partial charge in [0.2, 0.25) is 0 Å². The first-order valence-electron chi connectivity index (χ1n) is 9.41. The largest absolute Gasteiger partial charge is 0.468 e. The average Bonchev–Trinajstić information content (AvgIpc) is 3.08. The van der Waals surface area contributed by atoms with E-state index in [9.17, 15) is 9.59 Å². The molecular weight excluding hydrogens is 466 g/mol. The topological polar surface area (TPSA) is 54.8 Å². The van der Waals surface area contributed by atoms with Gasteiger partial charge in [-0.1, -0.05) is 15.9 Å². The third kappa shape index (κ3) is 3.81. The quantitative estimate of drug-likeness (QED) is 0.368. The molecule has 1 saturated heterocycles. The summed E-state index contributed by atoms with van der Waals surface area (Å²) in [6, 6.07) is 6.28. The zero-order chi connectivity index (χ0) is 22.3. The Morgan fingerprint density at radius 2 is 1.77 bits per heavy atom. The lowest BCUT2D eigenvalue weighted by Crippen LogP contribution is -2.33. The third-order valence-corrected chi connectivity index (χ3v) is 7.03. The number of aromatic nitrogens is 1. The number of amides is 1. The standard InChI is InChI=1S/C22H24BrN3O3S/c1-12-7-17(8-13(2)20(12)23)26-14(3)9-16(15(26)4)10-18-21(28)24(5)22(30)25(18)11-19(27)29-6/h7-10H,11H2,1-6H3/b18-10-. The highest BCUT2D eigenvalue weighted by Crippen LogP contribution is 2.30. The lowest BCUT2D eigenvalue weighted by Gasteiger charge is -2.17. The number of esters is 1. The summed E-state index contributed by atoms with van der Waals surface area (Å²) in [6.45, 7) is 8.06. The Bertz CT molecular complexity index is 1080. The summed E-state index contributed by atoms with van der Waals surface area (Å²) < 4.78 is 8.02. The van der Waals surface area contributed by atoms with Crippen molar-refractivity contribution in [2.45, 2.75) is 27.7 Å². The molecule has 0 radical (unpaired) electrons. The maximum Gasteiger partial charge on any atom is 0.325 e. The van der Waals surface area contributed by atoms with E-state index in [1.54, 1.807) is 13.1 Å². The molecule has 1 amide bonds. The number of nitrogens with zero attached hydrogens (tertiary/aromatic N) is 3. The molecule has 30 heavy (non-hydrogen) atoms. The number of aryl methyl sites for hydroxylation is 3. The van der Waals surface area contributed by atoms with Crippen LogP contribution in [-0.4, -0.2) is 52.1 Å². The summed E-state index contributed by atoms with van der Waals surface area (Å²) in [5, 5.41) is 0.282. The van der Waals surface area contributed by atoms with E-state index in [1.165, 1.54) is 16.9 Å². The Morgan fingerprint density at radius 3 is 2.33 bits per heavy atom. The van der Waals surface area contributed by atoms with Crippen molar-refractivity contribution in [3.63, 3.8) is 0 Å². The fourth-order valence-corrected chi connectivity index (χ4v) is 4.15. The van der Waals surface area contributed by atoms with Crippen LogP contribution in [0.25, 0.3) is 11.8 Å². The monoisotopic (exact) mass is 489 g/mol. The molecule has 0 atom stereocenters. The lowest BCUT2D eigenvalue weighted by molar-refractivity contribution is -0.140. The van der Waals surface area contributed by atoms with E-state index in [2.05, 4.69) is 46.5 Å². The van der Waals surface area contributed by atoms with E-state index in [0.29, 0.717) is 5.70 Å². The smallest absolute Gasteiger partial charge is 0.325 e. The van der Waals surface area contributed by atoms with Gasteiger partial charge >= 0.3 is 5.97 Å². The van der Waals surface area contributed by atoms with Crippen LogP contribution in [0.4, 0.5) is 0 Å². The lowest BCUT2D eigenvalue weighted by atomic mass is 10.1. The fraction of sp³-hybridized carbons (Fsp3) is 0.318. The van der Waals surface area contributed by atoms with Crippen molar-refractivity contribution in [1.82, 2.24) is 14.4 Å². The second-order valence-corrected chi connectivity index (χ2v) is 8.55. The number of hydrogen-bond acceptors (Lipinski definition) is 4. The Labute approximate surface area is 190 Å². The number of likely N-dealkylation sites (N-methyl/N-ethyl adjacent to an activating group) is 1. The molecule has 8 heteroatoms. The Kier molecular flexibility index (Phi) is 6.19. The van der Waals surface area contributed by atoms with Crippen molar-refractivity contribution < 1.29 is 14.3 Å². The number of rotatable bonds is 4. The van der Waals surface area contributed by atoms with Gasteiger partial charge in [-0.25, -0.2) is 0 Å². The first kappa shape index (κ1) is 22.2. The number of hydrogen-bond donors (Lipinski definition) is 0. The Balaban J connectivity index is 2.10. The molecule has 3 rings (SSSR count). The van der Waals surface area contributed by atoms with Crippen LogP contribution in [0.1, 0.15) is 28.1 Å². The minimum atomic E-state index is -0.461. The van der Waals surface area contributed by atoms with E-state index < -0.39 is 5.97 Å². The van der Waals surface area contributed by atoms with Gasteiger partial charge in [0.05, 0.1) is 7.11 Å². The number of ether oxygens (including phenoxy) is 1. The zero-order valence-corrected chi connectivity index (χ0v) is 20.3. The summed E-state index contributed by atoms with van der Waals surface area (Å²) in [6.07, 6.45) is 1.79. The molecule has 0 bridgehead atoms. The van der Waals surface area contributed by atoms with Crippen LogP contribution in [0.15, 0.2) is 28.4 Å². The van der Waals surface area contributed by atoms with E-state index in [-0.39, 0.29) is 17.6 Å². The summed E-state index contributed by atoms with van der Waals surface area (Å²) in [5.74, 6) is -0.707. The number of thiocarbonyl (C=S) groups is 1. The molecule has 2 heterocycles. The SMILES string of the molecule is COC(=O)CN1C(=S)N(C)C(=O)/C1=C/c1cc(C)n(-c2cc(C)c(Br)c(C)c2)c1C. The van der Waals surface area contributed by atoms with Crippen molar-refractivity contribution >= 4 is 51.2 Å². The molecular formula is C22H24BrN3O3S. The first-order chi connectivity index (χ1) is 14.1. The number of carbonyl (C=O) groups excluding carboxylic acids is 2. The minimum absolute atomic E-state index is 0.110. The van der Waals surface area contributed by atoms with E-state index in [4.69, 9.17) is 17.0 Å². The molecule has 1 aromatic carbocycles. The van der Waals surface area contributed by atoms with Crippen molar-refractivity contribution in [2.75, 3.05) is 20.7 Å².